The Balaban J connectivity index is 1.29. The average Bonchev–Trinajstić information content (AvgIpc) is 3.43. The molecule has 0 aromatic heterocycles. The van der Waals surface area contributed by atoms with Crippen molar-refractivity contribution in [2.45, 2.75) is 24.9 Å². The smallest absolute Gasteiger partial charge is 0.270 e. The van der Waals surface area contributed by atoms with Gasteiger partial charge in [-0.1, -0.05) is 48.5 Å². The monoisotopic (exact) mass is 452 g/mol. The Kier molecular flexibility index (Phi) is 5.73. The summed E-state index contributed by atoms with van der Waals surface area (Å²) >= 11 is 0. The second kappa shape index (κ2) is 8.67. The second-order valence-electron chi connectivity index (χ2n) is 8.74. The van der Waals surface area contributed by atoms with E-state index in [0.717, 1.165) is 11.3 Å². The number of carbonyl (C=O) groups excluding carboxylic acids is 1. The molecule has 0 spiro atoms. The number of benzene rings is 2. The van der Waals surface area contributed by atoms with Crippen LogP contribution in [0.2, 0.25) is 0 Å². The van der Waals surface area contributed by atoms with E-state index in [-0.39, 0.29) is 29.5 Å². The number of anilines is 1. The predicted molar refractivity (Wildman–Crippen MR) is 125 cm³/mol. The Morgan fingerprint density at radius 1 is 0.906 bits per heavy atom. The van der Waals surface area contributed by atoms with Gasteiger partial charge in [-0.15, -0.1) is 0 Å². The highest BCUT2D eigenvalue weighted by molar-refractivity contribution is 7.91. The summed E-state index contributed by atoms with van der Waals surface area (Å²) in [5.74, 6) is 0.519. The maximum Gasteiger partial charge on any atom is 0.270 e. The third-order valence-electron chi connectivity index (χ3n) is 6.69. The van der Waals surface area contributed by atoms with E-state index in [1.165, 1.54) is 0 Å². The molecular formula is C24H28N4O3S. The van der Waals surface area contributed by atoms with Crippen LogP contribution in [0.15, 0.2) is 65.8 Å². The van der Waals surface area contributed by atoms with Crippen molar-refractivity contribution in [2.75, 3.05) is 42.7 Å². The number of hydrazone groups is 1. The molecule has 0 N–H and O–H groups in total. The van der Waals surface area contributed by atoms with Crippen LogP contribution in [0.5, 0.6) is 0 Å². The van der Waals surface area contributed by atoms with Gasteiger partial charge in [-0.05, 0) is 24.1 Å². The lowest BCUT2D eigenvalue weighted by Gasteiger charge is -2.37. The van der Waals surface area contributed by atoms with E-state index in [1.807, 2.05) is 58.4 Å². The van der Waals surface area contributed by atoms with Crippen LogP contribution in [0.4, 0.5) is 5.69 Å². The Hall–Kier alpha value is -2.71. The molecule has 168 valence electrons. The minimum absolute atomic E-state index is 0.0111. The van der Waals surface area contributed by atoms with E-state index in [2.05, 4.69) is 17.0 Å². The van der Waals surface area contributed by atoms with Crippen LogP contribution in [0, 0.1) is 0 Å². The van der Waals surface area contributed by atoms with Gasteiger partial charge in [0.25, 0.3) is 5.91 Å². The number of hydrogen-bond acceptors (Lipinski definition) is 6. The van der Waals surface area contributed by atoms with Gasteiger partial charge in [-0.25, -0.2) is 8.42 Å². The number of hydrogen-bond donors (Lipinski definition) is 0. The van der Waals surface area contributed by atoms with E-state index in [1.54, 1.807) is 0 Å². The molecule has 3 aliphatic rings. The molecule has 5 rings (SSSR count). The third kappa shape index (κ3) is 4.29. The van der Waals surface area contributed by atoms with Gasteiger partial charge >= 0.3 is 0 Å². The molecule has 2 atom stereocenters. The number of sulfone groups is 1. The maximum absolute atomic E-state index is 13.3. The molecule has 1 amide bonds. The molecule has 3 heterocycles. The van der Waals surface area contributed by atoms with Crippen molar-refractivity contribution in [1.29, 1.82) is 0 Å². The van der Waals surface area contributed by atoms with Gasteiger partial charge in [0, 0.05) is 38.6 Å². The van der Waals surface area contributed by atoms with Gasteiger partial charge in [0.1, 0.15) is 5.71 Å². The molecule has 8 heteroatoms. The van der Waals surface area contributed by atoms with Crippen molar-refractivity contribution >= 4 is 27.1 Å². The first-order valence-corrected chi connectivity index (χ1v) is 13.0. The summed E-state index contributed by atoms with van der Waals surface area (Å²) in [7, 11) is -2.90. The number of amides is 1. The first-order valence-electron chi connectivity index (χ1n) is 11.2. The molecule has 2 unspecified atom stereocenters. The number of piperazine rings is 1. The third-order valence-corrected chi connectivity index (χ3v) is 8.44. The average molecular weight is 453 g/mol. The number of para-hydroxylation sites is 1. The molecule has 0 radical (unpaired) electrons. The summed E-state index contributed by atoms with van der Waals surface area (Å²) in [5.41, 5.74) is 2.69. The van der Waals surface area contributed by atoms with Crippen molar-refractivity contribution in [3.05, 3.63) is 66.2 Å². The lowest BCUT2D eigenvalue weighted by atomic mass is 10.0. The highest BCUT2D eigenvalue weighted by atomic mass is 32.2. The summed E-state index contributed by atoms with van der Waals surface area (Å²) in [4.78, 5) is 17.4. The van der Waals surface area contributed by atoms with E-state index >= 15 is 0 Å². The van der Waals surface area contributed by atoms with E-state index in [0.29, 0.717) is 44.7 Å². The quantitative estimate of drug-likeness (QED) is 0.712. The lowest BCUT2D eigenvalue weighted by molar-refractivity contribution is -0.126. The topological polar surface area (TPSA) is 73.3 Å². The van der Waals surface area contributed by atoms with Crippen molar-refractivity contribution in [3.63, 3.8) is 0 Å². The van der Waals surface area contributed by atoms with Crippen molar-refractivity contribution in [1.82, 2.24) is 9.80 Å². The molecule has 0 saturated carbocycles. The van der Waals surface area contributed by atoms with Crippen LogP contribution >= 0.6 is 0 Å². The van der Waals surface area contributed by atoms with Gasteiger partial charge in [-0.2, -0.15) is 5.10 Å². The fraction of sp³-hybridized carbons (Fsp3) is 0.417. The molecule has 2 saturated heterocycles. The minimum atomic E-state index is -2.90. The summed E-state index contributed by atoms with van der Waals surface area (Å²) in [5, 5.41) is 6.73. The van der Waals surface area contributed by atoms with Crippen LogP contribution < -0.4 is 5.01 Å². The van der Waals surface area contributed by atoms with Crippen molar-refractivity contribution in [2.24, 2.45) is 5.10 Å². The van der Waals surface area contributed by atoms with Crippen LogP contribution in [0.3, 0.4) is 0 Å². The molecule has 3 aliphatic heterocycles. The van der Waals surface area contributed by atoms with Crippen molar-refractivity contribution in [3.8, 4) is 0 Å². The maximum atomic E-state index is 13.3. The first kappa shape index (κ1) is 21.2. The summed E-state index contributed by atoms with van der Waals surface area (Å²) in [6, 6.07) is 20.2. The zero-order valence-corrected chi connectivity index (χ0v) is 18.8. The van der Waals surface area contributed by atoms with Crippen molar-refractivity contribution < 1.29 is 13.2 Å². The van der Waals surface area contributed by atoms with Gasteiger partial charge in [0.2, 0.25) is 0 Å². The fourth-order valence-corrected chi connectivity index (χ4v) is 6.69. The van der Waals surface area contributed by atoms with Gasteiger partial charge in [0.15, 0.2) is 9.84 Å². The molecular weight excluding hydrogens is 424 g/mol. The highest BCUT2D eigenvalue weighted by Gasteiger charge is 2.37. The molecule has 0 bridgehead atoms. The molecule has 2 fully saturated rings. The van der Waals surface area contributed by atoms with Crippen LogP contribution in [-0.2, 0) is 14.6 Å². The number of rotatable bonds is 4. The zero-order chi connectivity index (χ0) is 22.1. The van der Waals surface area contributed by atoms with E-state index in [9.17, 15) is 13.2 Å². The fourth-order valence-electron chi connectivity index (χ4n) is 4.93. The Morgan fingerprint density at radius 2 is 1.56 bits per heavy atom. The van der Waals surface area contributed by atoms with Crippen LogP contribution in [-0.4, -0.2) is 73.6 Å². The van der Waals surface area contributed by atoms with Gasteiger partial charge < -0.3 is 4.90 Å². The lowest BCUT2D eigenvalue weighted by Crippen LogP contribution is -2.53. The SMILES string of the molecule is O=C(C1=NN(c2ccccc2)C(c2ccccc2)C1)N1CCN(C2CCS(=O)(=O)C2)CC1. The van der Waals surface area contributed by atoms with Gasteiger partial charge in [0.05, 0.1) is 23.2 Å². The molecule has 0 aliphatic carbocycles. The zero-order valence-electron chi connectivity index (χ0n) is 18.0. The number of nitrogens with zero attached hydrogens (tertiary/aromatic N) is 4. The minimum Gasteiger partial charge on any atom is -0.335 e. The molecule has 32 heavy (non-hydrogen) atoms. The van der Waals surface area contributed by atoms with E-state index in [4.69, 9.17) is 5.10 Å². The largest absolute Gasteiger partial charge is 0.335 e. The van der Waals surface area contributed by atoms with Crippen LogP contribution in [0.1, 0.15) is 24.4 Å². The highest BCUT2D eigenvalue weighted by Crippen LogP contribution is 2.35. The predicted octanol–water partition coefficient (Wildman–Crippen LogP) is 2.33. The summed E-state index contributed by atoms with van der Waals surface area (Å²) in [6.07, 6.45) is 1.27. The molecule has 7 nitrogen and oxygen atoms in total. The Morgan fingerprint density at radius 3 is 2.19 bits per heavy atom. The Labute approximate surface area is 189 Å². The summed E-state index contributed by atoms with van der Waals surface area (Å²) < 4.78 is 23.6. The number of carbonyl (C=O) groups is 1. The normalized spacial score (nSPS) is 25.7. The Bertz CT molecular complexity index is 1100. The van der Waals surface area contributed by atoms with E-state index < -0.39 is 9.84 Å². The molecule has 2 aromatic rings. The van der Waals surface area contributed by atoms with Crippen LogP contribution in [0.25, 0.3) is 0 Å². The standard InChI is InChI=1S/C24H28N4O3S/c29-24(27-14-12-26(13-15-27)21-11-16-32(30,31)18-21)22-17-23(19-7-3-1-4-8-19)28(25-22)20-9-5-2-6-10-20/h1-10,21,23H,11-18H2. The summed E-state index contributed by atoms with van der Waals surface area (Å²) in [6.45, 7) is 2.64. The second-order valence-corrected chi connectivity index (χ2v) is 11.0. The molecule has 2 aromatic carbocycles. The van der Waals surface area contributed by atoms with Gasteiger partial charge in [-0.3, -0.25) is 14.7 Å². The first-order chi connectivity index (χ1) is 15.5.